The van der Waals surface area contributed by atoms with Crippen molar-refractivity contribution >= 4 is 11.6 Å². The number of methoxy groups -OCH3 is 1. The topological polar surface area (TPSA) is 62.6 Å². The maximum Gasteiger partial charge on any atom is 0.252 e. The summed E-state index contributed by atoms with van der Waals surface area (Å²) in [6.45, 7) is 9.52. The van der Waals surface area contributed by atoms with E-state index in [-0.39, 0.29) is 11.9 Å². The number of rotatable bonds is 7. The Bertz CT molecular complexity index is 1240. The predicted octanol–water partition coefficient (Wildman–Crippen LogP) is 4.18. The van der Waals surface area contributed by atoms with Gasteiger partial charge in [0, 0.05) is 55.2 Å². The molecule has 184 valence electrons. The SMILES string of the molecule is CCN1C[C@H]2CC1CN2c1ccc(C)c(C(=O)N[C@H](C)c2cc(OC)cc(-c3cnn(C)c3)c2)c1. The minimum atomic E-state index is -0.183. The first-order chi connectivity index (χ1) is 16.9. The number of aryl methyl sites for hydroxylation is 2. The predicted molar refractivity (Wildman–Crippen MR) is 139 cm³/mol. The van der Waals surface area contributed by atoms with E-state index in [4.69, 9.17) is 4.74 Å². The normalized spacial score (nSPS) is 20.3. The molecule has 3 heterocycles. The van der Waals surface area contributed by atoms with Gasteiger partial charge in [0.15, 0.2) is 0 Å². The maximum atomic E-state index is 13.4. The minimum Gasteiger partial charge on any atom is -0.497 e. The molecule has 7 nitrogen and oxygen atoms in total. The lowest BCUT2D eigenvalue weighted by Gasteiger charge is -2.35. The van der Waals surface area contributed by atoms with Crippen LogP contribution in [0.15, 0.2) is 48.8 Å². The molecule has 5 rings (SSSR count). The molecule has 2 aliphatic rings. The molecule has 1 unspecified atom stereocenters. The van der Waals surface area contributed by atoms with Crippen LogP contribution >= 0.6 is 0 Å². The van der Waals surface area contributed by atoms with Gasteiger partial charge in [-0.05, 0) is 73.8 Å². The second-order valence-corrected chi connectivity index (χ2v) is 9.88. The van der Waals surface area contributed by atoms with Crippen LogP contribution in [0.3, 0.4) is 0 Å². The van der Waals surface area contributed by atoms with Gasteiger partial charge in [0.1, 0.15) is 5.75 Å². The second-order valence-electron chi connectivity index (χ2n) is 9.88. The molecular formula is C28H35N5O2. The summed E-state index contributed by atoms with van der Waals surface area (Å²) >= 11 is 0. The summed E-state index contributed by atoms with van der Waals surface area (Å²) in [5.74, 6) is 0.702. The molecule has 7 heteroatoms. The number of piperazine rings is 1. The lowest BCUT2D eigenvalue weighted by atomic mass is 10.0. The standard InChI is InChI=1S/C28H35N5O2/c1-6-32-16-25-12-24(32)17-33(25)23-8-7-18(2)27(13-23)28(34)30-19(3)20-9-21(11-26(10-20)35-5)22-14-29-31(4)15-22/h7-11,13-15,19,24-25H,6,12,16-17H2,1-5H3,(H,30,34)/t19-,24?,25-/m1/s1. The maximum absolute atomic E-state index is 13.4. The summed E-state index contributed by atoms with van der Waals surface area (Å²) in [6, 6.07) is 13.4. The van der Waals surface area contributed by atoms with Gasteiger partial charge in [0.05, 0.1) is 19.3 Å². The van der Waals surface area contributed by atoms with Gasteiger partial charge in [0.25, 0.3) is 5.91 Å². The fraction of sp³-hybridized carbons (Fsp3) is 0.429. The van der Waals surface area contributed by atoms with E-state index in [9.17, 15) is 4.79 Å². The molecule has 0 spiro atoms. The van der Waals surface area contributed by atoms with Gasteiger partial charge in [-0.1, -0.05) is 13.0 Å². The average molecular weight is 474 g/mol. The number of likely N-dealkylation sites (tertiary alicyclic amines) is 1. The molecule has 2 fully saturated rings. The Labute approximate surface area is 207 Å². The van der Waals surface area contributed by atoms with Crippen LogP contribution in [0, 0.1) is 6.92 Å². The summed E-state index contributed by atoms with van der Waals surface area (Å²) in [5, 5.41) is 7.50. The Morgan fingerprint density at radius 3 is 2.66 bits per heavy atom. The van der Waals surface area contributed by atoms with Crippen molar-refractivity contribution in [2.24, 2.45) is 7.05 Å². The van der Waals surface area contributed by atoms with Crippen molar-refractivity contribution in [3.05, 3.63) is 65.5 Å². The quantitative estimate of drug-likeness (QED) is 0.558. The molecule has 1 amide bonds. The molecule has 1 aromatic heterocycles. The van der Waals surface area contributed by atoms with Crippen LogP contribution in [-0.4, -0.2) is 59.4 Å². The number of nitrogens with zero attached hydrogens (tertiary/aromatic N) is 4. The Hall–Kier alpha value is -3.32. The third-order valence-electron chi connectivity index (χ3n) is 7.61. The molecule has 0 radical (unpaired) electrons. The van der Waals surface area contributed by atoms with Gasteiger partial charge in [-0.25, -0.2) is 0 Å². The number of aromatic nitrogens is 2. The lowest BCUT2D eigenvalue weighted by molar-refractivity contribution is 0.0939. The number of anilines is 1. The number of benzene rings is 2. The number of likely N-dealkylation sites (N-methyl/N-ethyl adjacent to an activating group) is 1. The van der Waals surface area contributed by atoms with E-state index in [0.717, 1.165) is 58.9 Å². The summed E-state index contributed by atoms with van der Waals surface area (Å²) < 4.78 is 7.33. The number of ether oxygens (including phenoxy) is 1. The van der Waals surface area contributed by atoms with Crippen LogP contribution in [0.1, 0.15) is 47.8 Å². The zero-order valence-electron chi connectivity index (χ0n) is 21.3. The lowest BCUT2D eigenvalue weighted by Crippen LogP contribution is -2.46. The largest absolute Gasteiger partial charge is 0.497 e. The van der Waals surface area contributed by atoms with Gasteiger partial charge < -0.3 is 15.0 Å². The van der Waals surface area contributed by atoms with E-state index in [2.05, 4.69) is 51.4 Å². The van der Waals surface area contributed by atoms with Gasteiger partial charge in [0.2, 0.25) is 0 Å². The number of carbonyl (C=O) groups is 1. The van der Waals surface area contributed by atoms with E-state index >= 15 is 0 Å². The van der Waals surface area contributed by atoms with E-state index < -0.39 is 0 Å². The molecule has 3 atom stereocenters. The summed E-state index contributed by atoms with van der Waals surface area (Å²) in [4.78, 5) is 18.5. The van der Waals surface area contributed by atoms with Crippen molar-refractivity contribution in [3.63, 3.8) is 0 Å². The number of fused-ring (bicyclic) bond motifs is 2. The average Bonchev–Trinajstić information content (AvgIpc) is 3.59. The first kappa shape index (κ1) is 23.4. The van der Waals surface area contributed by atoms with Crippen molar-refractivity contribution in [3.8, 4) is 16.9 Å². The first-order valence-electron chi connectivity index (χ1n) is 12.5. The van der Waals surface area contributed by atoms with Crippen molar-refractivity contribution in [1.29, 1.82) is 0 Å². The van der Waals surface area contributed by atoms with Crippen molar-refractivity contribution in [1.82, 2.24) is 20.0 Å². The van der Waals surface area contributed by atoms with Gasteiger partial charge in [-0.15, -0.1) is 0 Å². The molecule has 0 saturated carbocycles. The van der Waals surface area contributed by atoms with Gasteiger partial charge in [-0.3, -0.25) is 14.4 Å². The fourth-order valence-corrected chi connectivity index (χ4v) is 5.57. The first-order valence-corrected chi connectivity index (χ1v) is 12.5. The molecular weight excluding hydrogens is 438 g/mol. The monoisotopic (exact) mass is 473 g/mol. The number of nitrogens with one attached hydrogen (secondary N) is 1. The van der Waals surface area contributed by atoms with Crippen molar-refractivity contribution in [2.45, 2.75) is 45.3 Å². The van der Waals surface area contributed by atoms with Crippen LogP contribution in [0.2, 0.25) is 0 Å². The smallest absolute Gasteiger partial charge is 0.252 e. The highest BCUT2D eigenvalue weighted by Gasteiger charge is 2.42. The third kappa shape index (κ3) is 4.52. The number of hydrogen-bond donors (Lipinski definition) is 1. The highest BCUT2D eigenvalue weighted by atomic mass is 16.5. The number of hydrogen-bond acceptors (Lipinski definition) is 5. The molecule has 0 aliphatic carbocycles. The molecule has 2 bridgehead atoms. The Morgan fingerprint density at radius 2 is 2.00 bits per heavy atom. The van der Waals surface area contributed by atoms with Gasteiger partial charge in [-0.2, -0.15) is 5.10 Å². The Morgan fingerprint density at radius 1 is 1.17 bits per heavy atom. The number of amides is 1. The highest BCUT2D eigenvalue weighted by Crippen LogP contribution is 2.35. The number of carbonyl (C=O) groups excluding carboxylic acids is 1. The van der Waals surface area contributed by atoms with Crippen LogP contribution in [0.25, 0.3) is 11.1 Å². The summed E-state index contributed by atoms with van der Waals surface area (Å²) in [7, 11) is 3.56. The van der Waals surface area contributed by atoms with E-state index in [1.165, 1.54) is 6.42 Å². The Balaban J connectivity index is 1.35. The van der Waals surface area contributed by atoms with Gasteiger partial charge >= 0.3 is 0 Å². The molecule has 1 N–H and O–H groups in total. The fourth-order valence-electron chi connectivity index (χ4n) is 5.57. The van der Waals surface area contributed by atoms with Crippen LogP contribution in [0.5, 0.6) is 5.75 Å². The minimum absolute atomic E-state index is 0.0536. The molecule has 35 heavy (non-hydrogen) atoms. The van der Waals surface area contributed by atoms with Crippen molar-refractivity contribution in [2.75, 3.05) is 31.6 Å². The summed E-state index contributed by atoms with van der Waals surface area (Å²) in [6.07, 6.45) is 5.03. The summed E-state index contributed by atoms with van der Waals surface area (Å²) in [5.41, 5.74) is 5.88. The molecule has 2 saturated heterocycles. The Kier molecular flexibility index (Phi) is 6.28. The van der Waals surface area contributed by atoms with E-state index in [0.29, 0.717) is 12.1 Å². The molecule has 2 aromatic carbocycles. The third-order valence-corrected chi connectivity index (χ3v) is 7.61. The van der Waals surface area contributed by atoms with Crippen LogP contribution < -0.4 is 15.0 Å². The highest BCUT2D eigenvalue weighted by molar-refractivity contribution is 5.97. The zero-order chi connectivity index (χ0) is 24.7. The van der Waals surface area contributed by atoms with Crippen molar-refractivity contribution < 1.29 is 9.53 Å². The van der Waals surface area contributed by atoms with E-state index in [1.54, 1.807) is 11.8 Å². The molecule has 2 aliphatic heterocycles. The van der Waals surface area contributed by atoms with Crippen LogP contribution in [0.4, 0.5) is 5.69 Å². The zero-order valence-corrected chi connectivity index (χ0v) is 21.3. The second kappa shape index (κ2) is 9.38. The van der Waals surface area contributed by atoms with E-state index in [1.807, 2.05) is 45.4 Å². The van der Waals surface area contributed by atoms with Crippen LogP contribution in [-0.2, 0) is 7.05 Å². The molecule has 3 aromatic rings.